The van der Waals surface area contributed by atoms with E-state index >= 15 is 0 Å². The van der Waals surface area contributed by atoms with Crippen molar-refractivity contribution < 1.29 is 33.5 Å². The van der Waals surface area contributed by atoms with E-state index in [1.165, 1.54) is 19.3 Å². The number of rotatable bonds is 5. The molecule has 1 atom stereocenters. The van der Waals surface area contributed by atoms with E-state index in [0.29, 0.717) is 25.9 Å². The summed E-state index contributed by atoms with van der Waals surface area (Å²) in [5.74, 6) is -2.25. The molecule has 2 heterocycles. The molecule has 2 aliphatic heterocycles. The zero-order chi connectivity index (χ0) is 21.9. The van der Waals surface area contributed by atoms with Crippen molar-refractivity contribution in [3.05, 3.63) is 35.4 Å². The number of nitrogens with zero attached hydrogens (tertiary/aromatic N) is 2. The molecule has 0 N–H and O–H groups in total. The largest absolute Gasteiger partial charge is 0.469 e. The summed E-state index contributed by atoms with van der Waals surface area (Å²) < 4.78 is 9.70. The van der Waals surface area contributed by atoms with Gasteiger partial charge in [0.25, 0.3) is 5.91 Å². The van der Waals surface area contributed by atoms with Crippen molar-refractivity contribution >= 4 is 23.8 Å². The predicted octanol–water partition coefficient (Wildman–Crippen LogP) is 1.42. The lowest BCUT2D eigenvalue weighted by atomic mass is 9.77. The molecule has 2 aliphatic rings. The molecule has 0 radical (unpaired) electrons. The van der Waals surface area contributed by atoms with Gasteiger partial charge >= 0.3 is 11.9 Å². The topological polar surface area (TPSA) is 102 Å². The first-order valence-corrected chi connectivity index (χ1v) is 9.90. The van der Waals surface area contributed by atoms with Crippen LogP contribution in [0.2, 0.25) is 0 Å². The molecule has 0 aliphatic carbocycles. The number of hydrogen-bond donors (Lipinski definition) is 0. The van der Waals surface area contributed by atoms with Crippen LogP contribution >= 0.6 is 0 Å². The maximum atomic E-state index is 13.1. The second kappa shape index (κ2) is 8.83. The number of ether oxygens (including phenoxy) is 2. The Kier molecular flexibility index (Phi) is 6.40. The Balaban J connectivity index is 1.83. The highest BCUT2D eigenvalue weighted by Crippen LogP contribution is 2.44. The van der Waals surface area contributed by atoms with Gasteiger partial charge in [-0.15, -0.1) is 0 Å². The molecular formula is C21H26N2O7. The third kappa shape index (κ3) is 3.65. The van der Waals surface area contributed by atoms with Gasteiger partial charge < -0.3 is 14.4 Å². The van der Waals surface area contributed by atoms with Crippen LogP contribution in [-0.4, -0.2) is 73.2 Å². The summed E-state index contributed by atoms with van der Waals surface area (Å²) in [4.78, 5) is 57.2. The van der Waals surface area contributed by atoms with Crippen molar-refractivity contribution in [2.24, 2.45) is 5.92 Å². The van der Waals surface area contributed by atoms with Crippen LogP contribution in [0.1, 0.15) is 46.9 Å². The molecular weight excluding hydrogens is 392 g/mol. The van der Waals surface area contributed by atoms with E-state index in [2.05, 4.69) is 0 Å². The predicted molar refractivity (Wildman–Crippen MR) is 104 cm³/mol. The molecule has 2 fully saturated rings. The maximum absolute atomic E-state index is 13.1. The number of amides is 2. The van der Waals surface area contributed by atoms with Gasteiger partial charge in [-0.2, -0.15) is 0 Å². The minimum Gasteiger partial charge on any atom is -0.469 e. The Bertz CT molecular complexity index is 846. The van der Waals surface area contributed by atoms with Crippen molar-refractivity contribution in [1.29, 1.82) is 0 Å². The molecule has 162 valence electrons. The van der Waals surface area contributed by atoms with Crippen LogP contribution in [0.15, 0.2) is 24.3 Å². The van der Waals surface area contributed by atoms with E-state index in [0.717, 1.165) is 0 Å². The fraction of sp³-hybridized carbons (Fsp3) is 0.524. The number of piperidine rings is 1. The zero-order valence-corrected chi connectivity index (χ0v) is 17.4. The average Bonchev–Trinajstić information content (AvgIpc) is 3.04. The van der Waals surface area contributed by atoms with Gasteiger partial charge in [0.2, 0.25) is 5.91 Å². The van der Waals surface area contributed by atoms with Crippen molar-refractivity contribution in [2.75, 3.05) is 33.9 Å². The summed E-state index contributed by atoms with van der Waals surface area (Å²) in [5, 5.41) is 1.32. The molecule has 1 aromatic rings. The summed E-state index contributed by atoms with van der Waals surface area (Å²) in [7, 11) is 2.56. The number of carbonyl (C=O) groups excluding carboxylic acids is 4. The number of benzene rings is 1. The van der Waals surface area contributed by atoms with E-state index in [1.54, 1.807) is 36.1 Å². The molecule has 1 aromatic carbocycles. The van der Waals surface area contributed by atoms with E-state index in [1.807, 2.05) is 0 Å². The smallest absolute Gasteiger partial charge is 0.338 e. The lowest BCUT2D eigenvalue weighted by Gasteiger charge is -2.45. The molecule has 2 amide bonds. The standard InChI is InChI=1S/C21H26N2O7/c1-4-30-23-17(24)13-16(20(27)29-3)21(23)9-11-22(12-10-21)18(25)14-7-5-6-8-15(14)19(26)28-2/h5-8,16H,4,9-13H2,1-3H3. The second-order valence-corrected chi connectivity index (χ2v) is 7.32. The number of carbonyl (C=O) groups is 4. The highest BCUT2D eigenvalue weighted by molar-refractivity contribution is 6.05. The number of esters is 2. The zero-order valence-electron chi connectivity index (χ0n) is 17.4. The van der Waals surface area contributed by atoms with Gasteiger partial charge in [-0.25, -0.2) is 9.86 Å². The van der Waals surface area contributed by atoms with Crippen LogP contribution in [0.25, 0.3) is 0 Å². The molecule has 1 spiro atoms. The first-order valence-electron chi connectivity index (χ1n) is 9.90. The third-order valence-corrected chi connectivity index (χ3v) is 5.88. The first kappa shape index (κ1) is 21.8. The Morgan fingerprint density at radius 2 is 1.70 bits per heavy atom. The normalized spacial score (nSPS) is 20.4. The number of hydroxylamine groups is 2. The summed E-state index contributed by atoms with van der Waals surface area (Å²) in [6.07, 6.45) is 0.751. The van der Waals surface area contributed by atoms with Crippen LogP contribution in [-0.2, 0) is 23.9 Å². The molecule has 0 bridgehead atoms. The van der Waals surface area contributed by atoms with Crippen molar-refractivity contribution in [2.45, 2.75) is 31.7 Å². The molecule has 0 aromatic heterocycles. The van der Waals surface area contributed by atoms with Crippen LogP contribution in [0.5, 0.6) is 0 Å². The van der Waals surface area contributed by atoms with E-state index < -0.39 is 23.4 Å². The molecule has 0 saturated carbocycles. The SMILES string of the molecule is CCON1C(=O)CC(C(=O)OC)C12CCN(C(=O)c1ccccc1C(=O)OC)CC2. The summed E-state index contributed by atoms with van der Waals surface area (Å²) in [6, 6.07) is 6.48. The van der Waals surface area contributed by atoms with E-state index in [4.69, 9.17) is 14.3 Å². The Labute approximate surface area is 174 Å². The molecule has 9 nitrogen and oxygen atoms in total. The van der Waals surface area contributed by atoms with Crippen LogP contribution < -0.4 is 0 Å². The van der Waals surface area contributed by atoms with Crippen LogP contribution in [0.3, 0.4) is 0 Å². The fourth-order valence-corrected chi connectivity index (χ4v) is 4.39. The molecule has 1 unspecified atom stereocenters. The van der Waals surface area contributed by atoms with Crippen molar-refractivity contribution in [1.82, 2.24) is 9.96 Å². The van der Waals surface area contributed by atoms with Crippen LogP contribution in [0, 0.1) is 5.92 Å². The number of methoxy groups -OCH3 is 2. The minimum atomic E-state index is -0.848. The van der Waals surface area contributed by atoms with Gasteiger partial charge in [0, 0.05) is 19.5 Å². The fourth-order valence-electron chi connectivity index (χ4n) is 4.39. The second-order valence-electron chi connectivity index (χ2n) is 7.32. The van der Waals surface area contributed by atoms with Crippen molar-refractivity contribution in [3.8, 4) is 0 Å². The monoisotopic (exact) mass is 418 g/mol. The van der Waals surface area contributed by atoms with E-state index in [-0.39, 0.29) is 36.0 Å². The van der Waals surface area contributed by atoms with E-state index in [9.17, 15) is 19.2 Å². The number of hydrogen-bond acceptors (Lipinski definition) is 7. The molecule has 9 heteroatoms. The van der Waals surface area contributed by atoms with Gasteiger partial charge in [-0.3, -0.25) is 19.2 Å². The van der Waals surface area contributed by atoms with Gasteiger partial charge in [-0.05, 0) is 31.9 Å². The lowest BCUT2D eigenvalue weighted by Crippen LogP contribution is -2.58. The van der Waals surface area contributed by atoms with Gasteiger partial charge in [0.05, 0.1) is 43.4 Å². The highest BCUT2D eigenvalue weighted by Gasteiger charge is 2.58. The minimum absolute atomic E-state index is 0.0196. The van der Waals surface area contributed by atoms with Crippen molar-refractivity contribution in [3.63, 3.8) is 0 Å². The molecule has 3 rings (SSSR count). The Morgan fingerprint density at radius 1 is 1.07 bits per heavy atom. The summed E-state index contributed by atoms with van der Waals surface area (Å²) >= 11 is 0. The molecule has 30 heavy (non-hydrogen) atoms. The van der Waals surface area contributed by atoms with Gasteiger partial charge in [-0.1, -0.05) is 12.1 Å². The number of likely N-dealkylation sites (tertiary alicyclic amines) is 1. The first-order chi connectivity index (χ1) is 14.4. The lowest BCUT2D eigenvalue weighted by molar-refractivity contribution is -0.220. The maximum Gasteiger partial charge on any atom is 0.338 e. The Morgan fingerprint density at radius 3 is 2.27 bits per heavy atom. The quantitative estimate of drug-likeness (QED) is 0.667. The van der Waals surface area contributed by atoms with Gasteiger partial charge in [0.15, 0.2) is 0 Å². The average molecular weight is 418 g/mol. The third-order valence-electron chi connectivity index (χ3n) is 5.88. The highest BCUT2D eigenvalue weighted by atomic mass is 16.7. The van der Waals surface area contributed by atoms with Gasteiger partial charge in [0.1, 0.15) is 0 Å². The molecule has 2 saturated heterocycles. The summed E-state index contributed by atoms with van der Waals surface area (Å²) in [6.45, 7) is 2.67. The Hall–Kier alpha value is -2.94. The summed E-state index contributed by atoms with van der Waals surface area (Å²) in [5.41, 5.74) is -0.391. The van der Waals surface area contributed by atoms with Crippen LogP contribution in [0.4, 0.5) is 0 Å².